The van der Waals surface area contributed by atoms with Crippen LogP contribution in [0, 0.1) is 5.82 Å². The molecule has 0 radical (unpaired) electrons. The minimum absolute atomic E-state index is 0.107. The molecule has 0 saturated carbocycles. The average molecular weight is 440 g/mol. The van der Waals surface area contributed by atoms with Gasteiger partial charge in [0.05, 0.1) is 17.1 Å². The van der Waals surface area contributed by atoms with Gasteiger partial charge in [-0.3, -0.25) is 4.79 Å². The Morgan fingerprint density at radius 3 is 2.19 bits per heavy atom. The number of hydrogen-bond donors (Lipinski definition) is 2. The number of anilines is 2. The second-order valence-electron chi connectivity index (χ2n) is 7.25. The van der Waals surface area contributed by atoms with E-state index in [0.717, 1.165) is 27.8 Å². The summed E-state index contributed by atoms with van der Waals surface area (Å²) in [5.41, 5.74) is 10.5. The highest BCUT2D eigenvalue weighted by atomic mass is 32.1. The highest BCUT2D eigenvalue weighted by Crippen LogP contribution is 2.41. The van der Waals surface area contributed by atoms with E-state index in [2.05, 4.69) is 5.32 Å². The highest BCUT2D eigenvalue weighted by Gasteiger charge is 2.22. The molecule has 156 valence electrons. The van der Waals surface area contributed by atoms with Crippen LogP contribution < -0.4 is 11.1 Å². The molecular formula is C26H18FN3OS. The van der Waals surface area contributed by atoms with Crippen LogP contribution in [0.3, 0.4) is 0 Å². The van der Waals surface area contributed by atoms with Crippen LogP contribution in [0.15, 0.2) is 91.0 Å². The summed E-state index contributed by atoms with van der Waals surface area (Å²) in [6, 6.07) is 27.7. The van der Waals surface area contributed by atoms with Gasteiger partial charge in [0.2, 0.25) is 0 Å². The van der Waals surface area contributed by atoms with Gasteiger partial charge in [-0.2, -0.15) is 0 Å². The molecule has 3 N–H and O–H groups in total. The van der Waals surface area contributed by atoms with E-state index in [9.17, 15) is 9.18 Å². The van der Waals surface area contributed by atoms with Crippen molar-refractivity contribution in [3.05, 3.63) is 102 Å². The first-order valence-corrected chi connectivity index (χ1v) is 10.8. The van der Waals surface area contributed by atoms with Gasteiger partial charge in [0.15, 0.2) is 0 Å². The summed E-state index contributed by atoms with van der Waals surface area (Å²) in [4.78, 5) is 18.7. The van der Waals surface area contributed by atoms with E-state index >= 15 is 0 Å². The van der Waals surface area contributed by atoms with Crippen LogP contribution in [0.1, 0.15) is 9.67 Å². The second-order valence-corrected chi connectivity index (χ2v) is 8.25. The van der Waals surface area contributed by atoms with Crippen molar-refractivity contribution in [1.82, 2.24) is 4.98 Å². The molecule has 0 bridgehead atoms. The zero-order chi connectivity index (χ0) is 22.1. The minimum atomic E-state index is -0.505. The molecule has 0 fully saturated rings. The molecular weight excluding hydrogens is 421 g/mol. The number of thiophene rings is 1. The molecule has 4 nitrogen and oxygen atoms in total. The third-order valence-corrected chi connectivity index (χ3v) is 6.28. The third kappa shape index (κ3) is 3.61. The van der Waals surface area contributed by atoms with Gasteiger partial charge >= 0.3 is 0 Å². The maximum absolute atomic E-state index is 14.0. The minimum Gasteiger partial charge on any atom is -0.397 e. The van der Waals surface area contributed by atoms with Gasteiger partial charge in [-0.25, -0.2) is 9.37 Å². The Morgan fingerprint density at radius 2 is 1.50 bits per heavy atom. The Hall–Kier alpha value is -4.03. The van der Waals surface area contributed by atoms with Gasteiger partial charge in [-0.1, -0.05) is 72.8 Å². The van der Waals surface area contributed by atoms with Crippen molar-refractivity contribution in [3.8, 4) is 22.4 Å². The monoisotopic (exact) mass is 439 g/mol. The normalized spacial score (nSPS) is 10.9. The number of halogens is 1. The van der Waals surface area contributed by atoms with E-state index in [4.69, 9.17) is 10.7 Å². The number of para-hydroxylation sites is 1. The Morgan fingerprint density at radius 1 is 0.875 bits per heavy atom. The predicted molar refractivity (Wildman–Crippen MR) is 129 cm³/mol. The molecule has 0 aliphatic carbocycles. The fraction of sp³-hybridized carbons (Fsp3) is 0. The van der Waals surface area contributed by atoms with Gasteiger partial charge in [0.25, 0.3) is 5.91 Å². The Bertz CT molecular complexity index is 1430. The summed E-state index contributed by atoms with van der Waals surface area (Å²) in [6.07, 6.45) is 0. The van der Waals surface area contributed by atoms with Crippen LogP contribution in [-0.4, -0.2) is 10.9 Å². The molecule has 0 aliphatic heterocycles. The summed E-state index contributed by atoms with van der Waals surface area (Å²) in [5.74, 6) is -0.967. The number of nitrogens with zero attached hydrogens (tertiary/aromatic N) is 1. The standard InChI is InChI=1S/C26H18FN3OS/c27-19-13-7-8-14-20(19)29-25(31)24-23(28)22-18(16-9-3-1-4-10-16)15-21(30-26(22)32-24)17-11-5-2-6-12-17/h1-15H,28H2,(H,29,31). The molecule has 2 aromatic heterocycles. The topological polar surface area (TPSA) is 68.0 Å². The summed E-state index contributed by atoms with van der Waals surface area (Å²) in [6.45, 7) is 0. The molecule has 0 saturated heterocycles. The molecule has 0 unspecified atom stereocenters. The van der Waals surface area contributed by atoms with Crippen LogP contribution in [0.4, 0.5) is 15.8 Å². The Kier molecular flexibility index (Phi) is 5.13. The molecule has 2 heterocycles. The number of pyridine rings is 1. The molecule has 6 heteroatoms. The lowest BCUT2D eigenvalue weighted by molar-refractivity contribution is 0.103. The molecule has 1 amide bonds. The largest absolute Gasteiger partial charge is 0.397 e. The summed E-state index contributed by atoms with van der Waals surface area (Å²) in [5, 5.41) is 3.34. The van der Waals surface area contributed by atoms with Gasteiger partial charge in [0.1, 0.15) is 15.5 Å². The lowest BCUT2D eigenvalue weighted by Crippen LogP contribution is -2.13. The fourth-order valence-electron chi connectivity index (χ4n) is 3.63. The maximum Gasteiger partial charge on any atom is 0.268 e. The summed E-state index contributed by atoms with van der Waals surface area (Å²) >= 11 is 1.20. The van der Waals surface area contributed by atoms with E-state index in [-0.39, 0.29) is 5.69 Å². The number of aromatic nitrogens is 1. The number of carbonyl (C=O) groups excluding carboxylic acids is 1. The number of benzene rings is 3. The van der Waals surface area contributed by atoms with Crippen molar-refractivity contribution in [2.75, 3.05) is 11.1 Å². The highest BCUT2D eigenvalue weighted by molar-refractivity contribution is 7.21. The predicted octanol–water partition coefficient (Wildman–Crippen LogP) is 6.60. The molecule has 0 aliphatic rings. The maximum atomic E-state index is 14.0. The van der Waals surface area contributed by atoms with Gasteiger partial charge < -0.3 is 11.1 Å². The lowest BCUT2D eigenvalue weighted by atomic mass is 9.99. The Balaban J connectivity index is 1.68. The van der Waals surface area contributed by atoms with Crippen LogP contribution in [-0.2, 0) is 0 Å². The van der Waals surface area contributed by atoms with Gasteiger partial charge in [0, 0.05) is 10.9 Å². The molecule has 32 heavy (non-hydrogen) atoms. The first kappa shape index (κ1) is 19.9. The zero-order valence-corrected chi connectivity index (χ0v) is 17.7. The van der Waals surface area contributed by atoms with Crippen LogP contribution in [0.25, 0.3) is 32.6 Å². The first-order valence-electron chi connectivity index (χ1n) is 10.0. The molecule has 3 aromatic carbocycles. The third-order valence-electron chi connectivity index (χ3n) is 5.18. The first-order chi connectivity index (χ1) is 15.6. The van der Waals surface area contributed by atoms with Gasteiger partial charge in [-0.05, 0) is 29.3 Å². The average Bonchev–Trinajstić information content (AvgIpc) is 3.17. The SMILES string of the molecule is Nc1c(C(=O)Nc2ccccc2F)sc2nc(-c3ccccc3)cc(-c3ccccc3)c12. The number of carbonyl (C=O) groups is 1. The quantitative estimate of drug-likeness (QED) is 0.331. The van der Waals surface area contributed by atoms with Crippen molar-refractivity contribution in [3.63, 3.8) is 0 Å². The fourth-order valence-corrected chi connectivity index (χ4v) is 4.65. The summed E-state index contributed by atoms with van der Waals surface area (Å²) < 4.78 is 14.0. The number of hydrogen-bond acceptors (Lipinski definition) is 4. The van der Waals surface area contributed by atoms with E-state index in [1.807, 2.05) is 66.7 Å². The zero-order valence-electron chi connectivity index (χ0n) is 16.9. The van der Waals surface area contributed by atoms with Crippen LogP contribution in [0.5, 0.6) is 0 Å². The van der Waals surface area contributed by atoms with E-state index < -0.39 is 11.7 Å². The number of rotatable bonds is 4. The van der Waals surface area contributed by atoms with Crippen molar-refractivity contribution < 1.29 is 9.18 Å². The second kappa shape index (κ2) is 8.24. The Labute approximate surface area is 188 Å². The number of nitrogens with one attached hydrogen (secondary N) is 1. The van der Waals surface area contributed by atoms with Crippen molar-refractivity contribution in [2.24, 2.45) is 0 Å². The van der Waals surface area contributed by atoms with Crippen molar-refractivity contribution >= 4 is 38.8 Å². The van der Waals surface area contributed by atoms with Crippen LogP contribution in [0.2, 0.25) is 0 Å². The molecule has 5 rings (SSSR count). The van der Waals surface area contributed by atoms with Crippen molar-refractivity contribution in [1.29, 1.82) is 0 Å². The lowest BCUT2D eigenvalue weighted by Gasteiger charge is -2.09. The smallest absolute Gasteiger partial charge is 0.268 e. The van der Waals surface area contributed by atoms with Gasteiger partial charge in [-0.15, -0.1) is 11.3 Å². The number of nitrogens with two attached hydrogens (primary N) is 1. The molecule has 0 atom stereocenters. The number of nitrogen functional groups attached to an aromatic ring is 1. The van der Waals surface area contributed by atoms with E-state index in [1.165, 1.54) is 23.5 Å². The molecule has 5 aromatic rings. The molecule has 0 spiro atoms. The van der Waals surface area contributed by atoms with Crippen molar-refractivity contribution in [2.45, 2.75) is 0 Å². The number of fused-ring (bicyclic) bond motifs is 1. The van der Waals surface area contributed by atoms with Crippen LogP contribution >= 0.6 is 11.3 Å². The van der Waals surface area contributed by atoms with E-state index in [0.29, 0.717) is 15.4 Å². The summed E-state index contributed by atoms with van der Waals surface area (Å²) in [7, 11) is 0. The number of amides is 1. The van der Waals surface area contributed by atoms with E-state index in [1.54, 1.807) is 12.1 Å².